The molecule has 9 heteroatoms. The maximum absolute atomic E-state index is 12.3. The second-order valence-electron chi connectivity index (χ2n) is 7.23. The Hall–Kier alpha value is -3.07. The van der Waals surface area contributed by atoms with E-state index in [4.69, 9.17) is 0 Å². The molecule has 3 aromatic heterocycles. The van der Waals surface area contributed by atoms with Crippen LogP contribution in [0.1, 0.15) is 18.4 Å². The summed E-state index contributed by atoms with van der Waals surface area (Å²) in [5.41, 5.74) is 0.986. The van der Waals surface area contributed by atoms with Gasteiger partial charge in [-0.05, 0) is 25.5 Å². The zero-order valence-electron chi connectivity index (χ0n) is 16.1. The topological polar surface area (TPSA) is 85.0 Å². The quantitative estimate of drug-likeness (QED) is 0.629. The van der Waals surface area contributed by atoms with Crippen molar-refractivity contribution < 1.29 is 0 Å². The maximum atomic E-state index is 12.3. The van der Waals surface area contributed by atoms with Gasteiger partial charge in [-0.1, -0.05) is 0 Å². The van der Waals surface area contributed by atoms with Gasteiger partial charge in [-0.15, -0.1) is 0 Å². The molecule has 0 amide bonds. The standard InChI is InChI=1S/C19H24N8O/c1-24(2)19-21-10-15(11-22-19)12-25-8-3-4-16(25)13-27-18(28)6-5-17(23-27)26-9-7-20-14-26/h5-7,9-11,14,16H,3-4,8,12-13H2,1-2H3. The summed E-state index contributed by atoms with van der Waals surface area (Å²) in [6.45, 7) is 2.34. The van der Waals surface area contributed by atoms with Crippen LogP contribution in [0.2, 0.25) is 0 Å². The summed E-state index contributed by atoms with van der Waals surface area (Å²) in [5.74, 6) is 1.39. The van der Waals surface area contributed by atoms with Gasteiger partial charge < -0.3 is 4.90 Å². The number of nitrogens with zero attached hydrogens (tertiary/aromatic N) is 8. The number of likely N-dealkylation sites (tertiary alicyclic amines) is 1. The fourth-order valence-corrected chi connectivity index (χ4v) is 3.51. The van der Waals surface area contributed by atoms with E-state index in [2.05, 4.69) is 25.0 Å². The zero-order chi connectivity index (χ0) is 19.5. The summed E-state index contributed by atoms with van der Waals surface area (Å²) in [4.78, 5) is 29.4. The van der Waals surface area contributed by atoms with Crippen LogP contribution in [0, 0.1) is 0 Å². The molecule has 28 heavy (non-hydrogen) atoms. The SMILES string of the molecule is CN(C)c1ncc(CN2CCCC2Cn2nc(-n3ccnc3)ccc2=O)cn1. The Labute approximate surface area is 163 Å². The van der Waals surface area contributed by atoms with Gasteiger partial charge in [-0.3, -0.25) is 14.3 Å². The Morgan fingerprint density at radius 3 is 2.75 bits per heavy atom. The summed E-state index contributed by atoms with van der Waals surface area (Å²) in [5, 5.41) is 4.52. The Morgan fingerprint density at radius 2 is 2.04 bits per heavy atom. The van der Waals surface area contributed by atoms with Crippen LogP contribution < -0.4 is 10.5 Å². The van der Waals surface area contributed by atoms with Crippen LogP contribution in [0.3, 0.4) is 0 Å². The highest BCUT2D eigenvalue weighted by Gasteiger charge is 2.26. The van der Waals surface area contributed by atoms with Gasteiger partial charge in [0.2, 0.25) is 5.95 Å². The number of hydrogen-bond acceptors (Lipinski definition) is 7. The van der Waals surface area contributed by atoms with Gasteiger partial charge in [0.25, 0.3) is 5.56 Å². The molecule has 1 aliphatic heterocycles. The Kier molecular flexibility index (Phi) is 5.16. The molecule has 0 spiro atoms. The summed E-state index contributed by atoms with van der Waals surface area (Å²) in [6, 6.07) is 3.54. The molecule has 4 rings (SSSR count). The van der Waals surface area contributed by atoms with Gasteiger partial charge in [-0.2, -0.15) is 5.10 Å². The third-order valence-corrected chi connectivity index (χ3v) is 4.98. The fourth-order valence-electron chi connectivity index (χ4n) is 3.51. The van der Waals surface area contributed by atoms with Crippen LogP contribution in [0.5, 0.6) is 0 Å². The van der Waals surface area contributed by atoms with E-state index < -0.39 is 0 Å². The van der Waals surface area contributed by atoms with E-state index in [0.29, 0.717) is 18.3 Å². The van der Waals surface area contributed by atoms with Crippen LogP contribution in [-0.4, -0.2) is 60.9 Å². The van der Waals surface area contributed by atoms with E-state index in [1.807, 2.05) is 37.6 Å². The Bertz CT molecular complexity index is 964. The number of rotatable bonds is 6. The van der Waals surface area contributed by atoms with E-state index >= 15 is 0 Å². The largest absolute Gasteiger partial charge is 0.347 e. The molecule has 0 radical (unpaired) electrons. The maximum Gasteiger partial charge on any atom is 0.266 e. The predicted molar refractivity (Wildman–Crippen MR) is 105 cm³/mol. The minimum atomic E-state index is -0.0885. The molecule has 1 unspecified atom stereocenters. The van der Waals surface area contributed by atoms with Crippen LogP contribution in [0.25, 0.3) is 5.82 Å². The van der Waals surface area contributed by atoms with Gasteiger partial charge in [-0.25, -0.2) is 19.6 Å². The first-order valence-corrected chi connectivity index (χ1v) is 9.39. The highest BCUT2D eigenvalue weighted by atomic mass is 16.1. The molecule has 4 heterocycles. The monoisotopic (exact) mass is 380 g/mol. The molecule has 146 valence electrons. The highest BCUT2D eigenvalue weighted by Crippen LogP contribution is 2.21. The molecular formula is C19H24N8O. The average molecular weight is 380 g/mol. The number of imidazole rings is 1. The number of hydrogen-bond donors (Lipinski definition) is 0. The highest BCUT2D eigenvalue weighted by molar-refractivity contribution is 5.26. The van der Waals surface area contributed by atoms with Gasteiger partial charge >= 0.3 is 0 Å². The van der Waals surface area contributed by atoms with Gasteiger partial charge in [0.05, 0.1) is 6.54 Å². The van der Waals surface area contributed by atoms with Crippen LogP contribution in [0.4, 0.5) is 5.95 Å². The van der Waals surface area contributed by atoms with Crippen molar-refractivity contribution in [2.24, 2.45) is 0 Å². The fraction of sp³-hybridized carbons (Fsp3) is 0.421. The predicted octanol–water partition coefficient (Wildman–Crippen LogP) is 0.950. The van der Waals surface area contributed by atoms with Crippen molar-refractivity contribution in [3.63, 3.8) is 0 Å². The normalized spacial score (nSPS) is 17.1. The van der Waals surface area contributed by atoms with Gasteiger partial charge in [0.1, 0.15) is 6.33 Å². The molecule has 1 saturated heterocycles. The second kappa shape index (κ2) is 7.89. The van der Waals surface area contributed by atoms with Crippen molar-refractivity contribution in [1.29, 1.82) is 0 Å². The van der Waals surface area contributed by atoms with E-state index in [-0.39, 0.29) is 11.6 Å². The van der Waals surface area contributed by atoms with E-state index in [9.17, 15) is 4.79 Å². The van der Waals surface area contributed by atoms with E-state index in [0.717, 1.165) is 31.5 Å². The summed E-state index contributed by atoms with van der Waals surface area (Å²) in [6.07, 6.45) is 11.1. The van der Waals surface area contributed by atoms with E-state index in [1.54, 1.807) is 33.9 Å². The summed E-state index contributed by atoms with van der Waals surface area (Å²) >= 11 is 0. The lowest BCUT2D eigenvalue weighted by Gasteiger charge is -2.24. The van der Waals surface area contributed by atoms with Crippen molar-refractivity contribution in [3.8, 4) is 5.82 Å². The van der Waals surface area contributed by atoms with Crippen LogP contribution in [-0.2, 0) is 13.1 Å². The van der Waals surface area contributed by atoms with Crippen molar-refractivity contribution in [3.05, 3.63) is 59.2 Å². The Morgan fingerprint density at radius 1 is 1.21 bits per heavy atom. The molecule has 1 aliphatic rings. The van der Waals surface area contributed by atoms with Crippen LogP contribution in [0.15, 0.2) is 48.0 Å². The molecule has 0 bridgehead atoms. The molecule has 0 aliphatic carbocycles. The molecule has 0 saturated carbocycles. The Balaban J connectivity index is 1.48. The number of anilines is 1. The first-order valence-electron chi connectivity index (χ1n) is 9.39. The van der Waals surface area contributed by atoms with Crippen molar-refractivity contribution >= 4 is 5.95 Å². The lowest BCUT2D eigenvalue weighted by atomic mass is 10.2. The van der Waals surface area contributed by atoms with Crippen LogP contribution >= 0.6 is 0 Å². The average Bonchev–Trinajstić information content (AvgIpc) is 3.37. The van der Waals surface area contributed by atoms with E-state index in [1.165, 1.54) is 0 Å². The zero-order valence-corrected chi connectivity index (χ0v) is 16.1. The third kappa shape index (κ3) is 3.94. The lowest BCUT2D eigenvalue weighted by molar-refractivity contribution is 0.216. The number of aromatic nitrogens is 6. The van der Waals surface area contributed by atoms with Crippen molar-refractivity contribution in [2.75, 3.05) is 25.5 Å². The minimum Gasteiger partial charge on any atom is -0.347 e. The summed E-state index contributed by atoms with van der Waals surface area (Å²) in [7, 11) is 3.85. The molecule has 0 N–H and O–H groups in total. The second-order valence-corrected chi connectivity index (χ2v) is 7.23. The van der Waals surface area contributed by atoms with Gasteiger partial charge in [0, 0.05) is 63.1 Å². The molecule has 1 atom stereocenters. The minimum absolute atomic E-state index is 0.0885. The summed E-state index contributed by atoms with van der Waals surface area (Å²) < 4.78 is 3.36. The van der Waals surface area contributed by atoms with Gasteiger partial charge in [0.15, 0.2) is 5.82 Å². The molecule has 9 nitrogen and oxygen atoms in total. The first kappa shape index (κ1) is 18.3. The molecule has 1 fully saturated rings. The first-order chi connectivity index (χ1) is 13.6. The lowest BCUT2D eigenvalue weighted by Crippen LogP contribution is -2.37. The third-order valence-electron chi connectivity index (χ3n) is 4.98. The molecule has 0 aromatic carbocycles. The molecule has 3 aromatic rings. The van der Waals surface area contributed by atoms with Crippen molar-refractivity contribution in [2.45, 2.75) is 32.0 Å². The van der Waals surface area contributed by atoms with Crippen molar-refractivity contribution in [1.82, 2.24) is 34.2 Å². The smallest absolute Gasteiger partial charge is 0.266 e. The molecular weight excluding hydrogens is 356 g/mol.